The predicted octanol–water partition coefficient (Wildman–Crippen LogP) is 1.95. The Hall–Kier alpha value is -0.160. The standard InChI is InChI=1S/C18H36N2O2/c1-14-8-10-20(11-9-14)13-18(22)17(21)12-15-4-6-16(7-5-15)19(2)3/h14-18,21-22H,4-13H2,1-3H3/t15-,16+,17?,18?. The molecule has 1 aliphatic carbocycles. The summed E-state index contributed by atoms with van der Waals surface area (Å²) in [4.78, 5) is 4.63. The SMILES string of the molecule is CC1CCN(CC(O)C(O)C[C@H]2CC[C@@H](N(C)C)CC2)CC1. The molecule has 4 heteroatoms. The van der Waals surface area contributed by atoms with Crippen molar-refractivity contribution in [2.45, 2.75) is 70.1 Å². The highest BCUT2D eigenvalue weighted by molar-refractivity contribution is 4.82. The van der Waals surface area contributed by atoms with Crippen molar-refractivity contribution < 1.29 is 10.2 Å². The van der Waals surface area contributed by atoms with Crippen molar-refractivity contribution in [3.8, 4) is 0 Å². The summed E-state index contributed by atoms with van der Waals surface area (Å²) in [5.41, 5.74) is 0. The number of hydrogen-bond donors (Lipinski definition) is 2. The molecule has 2 atom stereocenters. The molecule has 130 valence electrons. The third kappa shape index (κ3) is 5.48. The second-order valence-corrected chi connectivity index (χ2v) is 7.99. The Balaban J connectivity index is 1.67. The molecule has 1 saturated carbocycles. The minimum absolute atomic E-state index is 0.555. The zero-order chi connectivity index (χ0) is 16.1. The second kappa shape index (κ2) is 8.62. The molecular weight excluding hydrogens is 276 g/mol. The molecule has 2 fully saturated rings. The van der Waals surface area contributed by atoms with Gasteiger partial charge >= 0.3 is 0 Å². The van der Waals surface area contributed by atoms with E-state index in [1.165, 1.54) is 38.5 Å². The molecule has 2 unspecified atom stereocenters. The van der Waals surface area contributed by atoms with Crippen molar-refractivity contribution in [3.63, 3.8) is 0 Å². The zero-order valence-corrected chi connectivity index (χ0v) is 14.7. The average Bonchev–Trinajstić information content (AvgIpc) is 2.50. The quantitative estimate of drug-likeness (QED) is 0.787. The predicted molar refractivity (Wildman–Crippen MR) is 90.9 cm³/mol. The Morgan fingerprint density at radius 3 is 2.09 bits per heavy atom. The van der Waals surface area contributed by atoms with E-state index in [0.29, 0.717) is 18.5 Å². The lowest BCUT2D eigenvalue weighted by Gasteiger charge is -2.35. The van der Waals surface area contributed by atoms with Crippen LogP contribution in [-0.2, 0) is 0 Å². The van der Waals surface area contributed by atoms with Crippen molar-refractivity contribution in [2.75, 3.05) is 33.7 Å². The molecule has 2 aliphatic rings. The number of aliphatic hydroxyl groups is 2. The normalized spacial score (nSPS) is 31.4. The van der Waals surface area contributed by atoms with Crippen LogP contribution in [0.4, 0.5) is 0 Å². The maximum atomic E-state index is 10.3. The van der Waals surface area contributed by atoms with E-state index in [2.05, 4.69) is 30.8 Å². The lowest BCUT2D eigenvalue weighted by molar-refractivity contribution is -0.0223. The summed E-state index contributed by atoms with van der Waals surface area (Å²) in [5, 5.41) is 20.6. The highest BCUT2D eigenvalue weighted by Gasteiger charge is 2.28. The largest absolute Gasteiger partial charge is 0.390 e. The summed E-state index contributed by atoms with van der Waals surface area (Å²) in [7, 11) is 4.31. The molecule has 22 heavy (non-hydrogen) atoms. The van der Waals surface area contributed by atoms with E-state index >= 15 is 0 Å². The van der Waals surface area contributed by atoms with Crippen molar-refractivity contribution >= 4 is 0 Å². The Kier molecular flexibility index (Phi) is 7.13. The van der Waals surface area contributed by atoms with Crippen molar-refractivity contribution in [3.05, 3.63) is 0 Å². The van der Waals surface area contributed by atoms with Gasteiger partial charge in [0.15, 0.2) is 0 Å². The summed E-state index contributed by atoms with van der Waals surface area (Å²) in [6, 6.07) is 0.702. The highest BCUT2D eigenvalue weighted by Crippen LogP contribution is 2.30. The molecule has 1 aliphatic heterocycles. The van der Waals surface area contributed by atoms with Gasteiger partial charge in [-0.25, -0.2) is 0 Å². The summed E-state index contributed by atoms with van der Waals surface area (Å²) < 4.78 is 0. The molecule has 0 aromatic rings. The van der Waals surface area contributed by atoms with Gasteiger partial charge in [0.2, 0.25) is 0 Å². The molecule has 0 bridgehead atoms. The third-order valence-corrected chi connectivity index (χ3v) is 5.89. The summed E-state index contributed by atoms with van der Waals surface area (Å²) in [5.74, 6) is 1.40. The Morgan fingerprint density at radius 1 is 0.955 bits per heavy atom. The van der Waals surface area contributed by atoms with Crippen LogP contribution in [0, 0.1) is 11.8 Å². The van der Waals surface area contributed by atoms with Crippen LogP contribution in [0.2, 0.25) is 0 Å². The number of piperidine rings is 1. The molecule has 0 amide bonds. The van der Waals surface area contributed by atoms with Gasteiger partial charge in [-0.05, 0) is 84.0 Å². The number of likely N-dealkylation sites (tertiary alicyclic amines) is 1. The molecule has 2 N–H and O–H groups in total. The van der Waals surface area contributed by atoms with Crippen molar-refractivity contribution in [1.29, 1.82) is 0 Å². The molecule has 0 aromatic carbocycles. The summed E-state index contributed by atoms with van der Waals surface area (Å²) in [6.45, 7) is 5.07. The van der Waals surface area contributed by atoms with E-state index < -0.39 is 12.2 Å². The van der Waals surface area contributed by atoms with Crippen molar-refractivity contribution in [2.24, 2.45) is 11.8 Å². The minimum atomic E-state index is -0.583. The molecular formula is C18H36N2O2. The van der Waals surface area contributed by atoms with Crippen LogP contribution in [0.3, 0.4) is 0 Å². The van der Waals surface area contributed by atoms with Crippen LogP contribution >= 0.6 is 0 Å². The van der Waals surface area contributed by atoms with E-state index in [-0.39, 0.29) is 0 Å². The highest BCUT2D eigenvalue weighted by atomic mass is 16.3. The zero-order valence-electron chi connectivity index (χ0n) is 14.7. The number of aliphatic hydroxyl groups excluding tert-OH is 2. The van der Waals surface area contributed by atoms with E-state index in [1.54, 1.807) is 0 Å². The molecule has 0 radical (unpaired) electrons. The van der Waals surface area contributed by atoms with Crippen LogP contribution < -0.4 is 0 Å². The van der Waals surface area contributed by atoms with Crippen molar-refractivity contribution in [1.82, 2.24) is 9.80 Å². The fourth-order valence-electron chi connectivity index (χ4n) is 4.03. The first-order valence-corrected chi connectivity index (χ1v) is 9.20. The fourth-order valence-corrected chi connectivity index (χ4v) is 4.03. The Labute approximate surface area is 136 Å². The fraction of sp³-hybridized carbons (Fsp3) is 1.00. The summed E-state index contributed by atoms with van der Waals surface area (Å²) in [6.07, 6.45) is 6.90. The molecule has 4 nitrogen and oxygen atoms in total. The first kappa shape index (κ1) is 18.2. The first-order chi connectivity index (χ1) is 10.5. The smallest absolute Gasteiger partial charge is 0.0925 e. The van der Waals surface area contributed by atoms with Gasteiger partial charge in [-0.2, -0.15) is 0 Å². The lowest BCUT2D eigenvalue weighted by Crippen LogP contribution is -2.43. The Morgan fingerprint density at radius 2 is 1.55 bits per heavy atom. The van der Waals surface area contributed by atoms with E-state index in [1.807, 2.05) is 0 Å². The van der Waals surface area contributed by atoms with Gasteiger partial charge in [0.05, 0.1) is 12.2 Å². The third-order valence-electron chi connectivity index (χ3n) is 5.89. The maximum Gasteiger partial charge on any atom is 0.0925 e. The number of β-amino-alcohol motifs (C(OH)–C–C–N with tert-alkyl or cyclic N) is 1. The van der Waals surface area contributed by atoms with Gasteiger partial charge in [0.1, 0.15) is 0 Å². The van der Waals surface area contributed by atoms with Crippen LogP contribution in [-0.4, -0.2) is 72.0 Å². The maximum absolute atomic E-state index is 10.3. The van der Waals surface area contributed by atoms with Gasteiger partial charge in [-0.1, -0.05) is 6.92 Å². The van der Waals surface area contributed by atoms with E-state index in [4.69, 9.17) is 0 Å². The van der Waals surface area contributed by atoms with Gasteiger partial charge < -0.3 is 20.0 Å². The number of nitrogens with zero attached hydrogens (tertiary/aromatic N) is 2. The van der Waals surface area contributed by atoms with Crippen LogP contribution in [0.1, 0.15) is 51.9 Å². The molecule has 0 spiro atoms. The van der Waals surface area contributed by atoms with E-state index in [0.717, 1.165) is 25.4 Å². The average molecular weight is 312 g/mol. The lowest BCUT2D eigenvalue weighted by atomic mass is 9.81. The summed E-state index contributed by atoms with van der Waals surface area (Å²) >= 11 is 0. The van der Waals surface area contributed by atoms with Crippen LogP contribution in [0.25, 0.3) is 0 Å². The number of hydrogen-bond acceptors (Lipinski definition) is 4. The van der Waals surface area contributed by atoms with Gasteiger partial charge in [0.25, 0.3) is 0 Å². The molecule has 1 saturated heterocycles. The molecule has 1 heterocycles. The number of rotatable bonds is 6. The molecule has 2 rings (SSSR count). The Bertz CT molecular complexity index is 308. The first-order valence-electron chi connectivity index (χ1n) is 9.20. The van der Waals surface area contributed by atoms with Gasteiger partial charge in [0, 0.05) is 12.6 Å². The molecule has 0 aromatic heterocycles. The van der Waals surface area contributed by atoms with Crippen LogP contribution in [0.15, 0.2) is 0 Å². The minimum Gasteiger partial charge on any atom is -0.390 e. The second-order valence-electron chi connectivity index (χ2n) is 7.99. The van der Waals surface area contributed by atoms with E-state index in [9.17, 15) is 10.2 Å². The monoisotopic (exact) mass is 312 g/mol. The van der Waals surface area contributed by atoms with Crippen LogP contribution in [0.5, 0.6) is 0 Å². The topological polar surface area (TPSA) is 46.9 Å². The van der Waals surface area contributed by atoms with Gasteiger partial charge in [-0.3, -0.25) is 0 Å². The van der Waals surface area contributed by atoms with Gasteiger partial charge in [-0.15, -0.1) is 0 Å².